The van der Waals surface area contributed by atoms with Crippen molar-refractivity contribution in [3.63, 3.8) is 0 Å². The van der Waals surface area contributed by atoms with Gasteiger partial charge in [0.25, 0.3) is 5.56 Å². The first-order valence-electron chi connectivity index (χ1n) is 12.1. The molecule has 2 aromatic carbocycles. The first-order chi connectivity index (χ1) is 16.6. The maximum atomic E-state index is 12.5. The zero-order valence-corrected chi connectivity index (χ0v) is 20.1. The van der Waals surface area contributed by atoms with Crippen LogP contribution in [0.4, 0.5) is 0 Å². The first kappa shape index (κ1) is 25.4. The molecular weight excluding hydrogens is 432 g/mol. The van der Waals surface area contributed by atoms with Crippen molar-refractivity contribution in [3.05, 3.63) is 70.6 Å². The summed E-state index contributed by atoms with van der Waals surface area (Å²) in [5.74, 6) is 0.379. The van der Waals surface area contributed by atoms with Gasteiger partial charge in [0.15, 0.2) is 6.10 Å². The summed E-state index contributed by atoms with van der Waals surface area (Å²) in [5.41, 5.74) is 0.839. The number of carbonyl (C=O) groups is 1. The fraction of sp³-hybridized carbons (Fsp3) is 0.444. The number of unbranched alkanes of at least 4 members (excludes halogenated alkanes) is 2. The molecule has 34 heavy (non-hydrogen) atoms. The van der Waals surface area contributed by atoms with Gasteiger partial charge < -0.3 is 14.2 Å². The molecule has 0 amide bonds. The van der Waals surface area contributed by atoms with E-state index in [1.807, 2.05) is 42.5 Å². The van der Waals surface area contributed by atoms with E-state index < -0.39 is 6.10 Å². The Hall–Kier alpha value is -3.19. The highest BCUT2D eigenvalue weighted by molar-refractivity contribution is 5.80. The standard InChI is InChI=1S/C27H34N2O5/c1-3-5-16-33-25(27(31)34-17-6-4-2)19-21-11-13-23(14-12-21)32-18-15-29-26(30)24-10-8-7-9-22(24)20-28-29/h7-14,20,25H,3-6,15-19H2,1-2H3. The van der Waals surface area contributed by atoms with Gasteiger partial charge in [-0.3, -0.25) is 4.79 Å². The van der Waals surface area contributed by atoms with Gasteiger partial charge in [0.2, 0.25) is 0 Å². The second-order valence-electron chi connectivity index (χ2n) is 8.19. The van der Waals surface area contributed by atoms with Crippen LogP contribution in [0.15, 0.2) is 59.5 Å². The molecule has 0 aliphatic carbocycles. The minimum atomic E-state index is -0.610. The largest absolute Gasteiger partial charge is 0.492 e. The lowest BCUT2D eigenvalue weighted by molar-refractivity contribution is -0.157. The number of hydrogen-bond donors (Lipinski definition) is 0. The highest BCUT2D eigenvalue weighted by Gasteiger charge is 2.21. The van der Waals surface area contributed by atoms with Crippen LogP contribution in [0.3, 0.4) is 0 Å². The van der Waals surface area contributed by atoms with Crippen molar-refractivity contribution in [1.82, 2.24) is 9.78 Å². The number of ether oxygens (including phenoxy) is 3. The Morgan fingerprint density at radius 1 is 0.971 bits per heavy atom. The van der Waals surface area contributed by atoms with Gasteiger partial charge >= 0.3 is 5.97 Å². The predicted octanol–water partition coefficient (Wildman–Crippen LogP) is 4.55. The maximum absolute atomic E-state index is 12.5. The van der Waals surface area contributed by atoms with E-state index in [-0.39, 0.29) is 11.5 Å². The molecular formula is C27H34N2O5. The number of carbonyl (C=O) groups excluding carboxylic acids is 1. The molecule has 3 rings (SSSR count). The lowest BCUT2D eigenvalue weighted by Crippen LogP contribution is -2.29. The van der Waals surface area contributed by atoms with Gasteiger partial charge in [-0.2, -0.15) is 5.10 Å². The summed E-state index contributed by atoms with van der Waals surface area (Å²) >= 11 is 0. The molecule has 7 heteroatoms. The Bertz CT molecular complexity index is 1090. The normalized spacial score (nSPS) is 11.9. The van der Waals surface area contributed by atoms with Crippen LogP contribution in [0.2, 0.25) is 0 Å². The first-order valence-corrected chi connectivity index (χ1v) is 12.1. The average molecular weight is 467 g/mol. The molecule has 1 unspecified atom stereocenters. The second-order valence-corrected chi connectivity index (χ2v) is 8.19. The molecule has 1 heterocycles. The molecule has 0 saturated carbocycles. The number of hydrogen-bond acceptors (Lipinski definition) is 6. The molecule has 0 bridgehead atoms. The average Bonchev–Trinajstić information content (AvgIpc) is 2.86. The molecule has 182 valence electrons. The lowest BCUT2D eigenvalue weighted by Gasteiger charge is -2.17. The number of nitrogens with zero attached hydrogens (tertiary/aromatic N) is 2. The fourth-order valence-electron chi connectivity index (χ4n) is 3.46. The third-order valence-corrected chi connectivity index (χ3v) is 5.50. The van der Waals surface area contributed by atoms with Gasteiger partial charge in [0, 0.05) is 18.4 Å². The van der Waals surface area contributed by atoms with E-state index in [0.717, 1.165) is 36.6 Å². The van der Waals surface area contributed by atoms with E-state index in [2.05, 4.69) is 18.9 Å². The Morgan fingerprint density at radius 2 is 1.71 bits per heavy atom. The Balaban J connectivity index is 1.54. The number of fused-ring (bicyclic) bond motifs is 1. The van der Waals surface area contributed by atoms with Gasteiger partial charge in [0.1, 0.15) is 12.4 Å². The number of rotatable bonds is 14. The van der Waals surface area contributed by atoms with Gasteiger partial charge in [-0.1, -0.05) is 57.0 Å². The van der Waals surface area contributed by atoms with E-state index in [4.69, 9.17) is 14.2 Å². The zero-order valence-electron chi connectivity index (χ0n) is 20.1. The number of benzene rings is 2. The van der Waals surface area contributed by atoms with Crippen LogP contribution in [0.1, 0.15) is 45.1 Å². The molecule has 1 atom stereocenters. The highest BCUT2D eigenvalue weighted by Crippen LogP contribution is 2.16. The van der Waals surface area contributed by atoms with Gasteiger partial charge in [0.05, 0.1) is 24.7 Å². The fourth-order valence-corrected chi connectivity index (χ4v) is 3.46. The summed E-state index contributed by atoms with van der Waals surface area (Å²) in [6, 6.07) is 15.0. The van der Waals surface area contributed by atoms with Crippen LogP contribution in [0.25, 0.3) is 10.8 Å². The van der Waals surface area contributed by atoms with Crippen molar-refractivity contribution in [2.45, 2.75) is 58.6 Å². The van der Waals surface area contributed by atoms with Gasteiger partial charge in [-0.25, -0.2) is 9.48 Å². The minimum absolute atomic E-state index is 0.128. The minimum Gasteiger partial charge on any atom is -0.492 e. The molecule has 0 aliphatic rings. The van der Waals surface area contributed by atoms with Crippen LogP contribution in [0.5, 0.6) is 5.75 Å². The summed E-state index contributed by atoms with van der Waals surface area (Å²) in [7, 11) is 0. The van der Waals surface area contributed by atoms with E-state index >= 15 is 0 Å². The van der Waals surface area contributed by atoms with Crippen molar-refractivity contribution in [2.75, 3.05) is 19.8 Å². The van der Waals surface area contributed by atoms with Crippen molar-refractivity contribution in [3.8, 4) is 5.75 Å². The van der Waals surface area contributed by atoms with E-state index in [9.17, 15) is 9.59 Å². The number of aromatic nitrogens is 2. The molecule has 0 aliphatic heterocycles. The molecule has 0 N–H and O–H groups in total. The van der Waals surface area contributed by atoms with E-state index in [1.54, 1.807) is 12.3 Å². The maximum Gasteiger partial charge on any atom is 0.335 e. The quantitative estimate of drug-likeness (QED) is 0.256. The Morgan fingerprint density at radius 3 is 2.47 bits per heavy atom. The third kappa shape index (κ3) is 7.42. The predicted molar refractivity (Wildman–Crippen MR) is 132 cm³/mol. The summed E-state index contributed by atoms with van der Waals surface area (Å²) in [6.45, 7) is 5.77. The molecule has 1 aromatic heterocycles. The smallest absolute Gasteiger partial charge is 0.335 e. The van der Waals surface area contributed by atoms with Crippen LogP contribution < -0.4 is 10.3 Å². The molecule has 0 radical (unpaired) electrons. The molecule has 7 nitrogen and oxygen atoms in total. The zero-order chi connectivity index (χ0) is 24.2. The van der Waals surface area contributed by atoms with Crippen LogP contribution in [-0.2, 0) is 27.2 Å². The van der Waals surface area contributed by atoms with E-state index in [0.29, 0.717) is 43.9 Å². The van der Waals surface area contributed by atoms with E-state index in [1.165, 1.54) is 4.68 Å². The van der Waals surface area contributed by atoms with Crippen LogP contribution in [0, 0.1) is 0 Å². The summed E-state index contributed by atoms with van der Waals surface area (Å²) in [4.78, 5) is 25.0. The summed E-state index contributed by atoms with van der Waals surface area (Å²) in [6.07, 6.45) is 5.26. The monoisotopic (exact) mass is 466 g/mol. The Kier molecular flexibility index (Phi) is 10.1. The molecule has 0 saturated heterocycles. The van der Waals surface area contributed by atoms with Crippen molar-refractivity contribution < 1.29 is 19.0 Å². The summed E-state index contributed by atoms with van der Waals surface area (Å²) in [5, 5.41) is 5.69. The van der Waals surface area contributed by atoms with Crippen LogP contribution in [-0.4, -0.2) is 41.7 Å². The molecule has 0 spiro atoms. The third-order valence-electron chi connectivity index (χ3n) is 5.50. The summed E-state index contributed by atoms with van der Waals surface area (Å²) < 4.78 is 18.4. The second kappa shape index (κ2) is 13.5. The number of esters is 1. The Labute approximate surface area is 200 Å². The highest BCUT2D eigenvalue weighted by atomic mass is 16.6. The van der Waals surface area contributed by atoms with Crippen molar-refractivity contribution in [1.29, 1.82) is 0 Å². The van der Waals surface area contributed by atoms with Crippen molar-refractivity contribution >= 4 is 16.7 Å². The lowest BCUT2D eigenvalue weighted by atomic mass is 10.1. The van der Waals surface area contributed by atoms with Crippen molar-refractivity contribution in [2.24, 2.45) is 0 Å². The molecule has 3 aromatic rings. The topological polar surface area (TPSA) is 79.7 Å². The molecule has 0 fully saturated rings. The SMILES string of the molecule is CCCCOC(=O)C(Cc1ccc(OCCn2ncc3ccccc3c2=O)cc1)OCCCC. The van der Waals surface area contributed by atoms with Crippen LogP contribution >= 0.6 is 0 Å². The van der Waals surface area contributed by atoms with Gasteiger partial charge in [-0.15, -0.1) is 0 Å². The van der Waals surface area contributed by atoms with Gasteiger partial charge in [-0.05, 0) is 36.6 Å².